The molecule has 1 aliphatic heterocycles. The Kier molecular flexibility index (Phi) is 6.82. The summed E-state index contributed by atoms with van der Waals surface area (Å²) in [5, 5.41) is 47.4. The second-order valence-corrected chi connectivity index (χ2v) is 9.28. The summed E-state index contributed by atoms with van der Waals surface area (Å²) >= 11 is 0. The lowest BCUT2D eigenvalue weighted by atomic mass is 9.92. The average Bonchev–Trinajstić information content (AvgIpc) is 2.86. The molecule has 3 aromatic carbocycles. The van der Waals surface area contributed by atoms with Crippen LogP contribution in [0.1, 0.15) is 36.2 Å². The molecule has 10 heteroatoms. The van der Waals surface area contributed by atoms with Gasteiger partial charge in [0.2, 0.25) is 11.2 Å². The molecule has 38 heavy (non-hydrogen) atoms. The summed E-state index contributed by atoms with van der Waals surface area (Å²) in [5.41, 5.74) is 0.494. The number of methoxy groups -OCH3 is 1. The molecule has 1 aromatic heterocycles. The molecule has 198 valence electrons. The minimum Gasteiger partial charge on any atom is -0.508 e. The molecule has 0 atom stereocenters. The van der Waals surface area contributed by atoms with E-state index >= 15 is 0 Å². The lowest BCUT2D eigenvalue weighted by molar-refractivity contribution is 0.0690. The molecule has 0 saturated carbocycles. The van der Waals surface area contributed by atoms with Crippen LogP contribution >= 0.6 is 0 Å². The van der Waals surface area contributed by atoms with Crippen molar-refractivity contribution in [1.29, 1.82) is 0 Å². The molecule has 0 bridgehead atoms. The largest absolute Gasteiger partial charge is 0.508 e. The first kappa shape index (κ1) is 26.2. The Hall–Kier alpha value is -4.86. The van der Waals surface area contributed by atoms with Crippen molar-refractivity contribution < 1.29 is 44.2 Å². The van der Waals surface area contributed by atoms with Crippen molar-refractivity contribution in [2.24, 2.45) is 0 Å². The highest BCUT2D eigenvalue weighted by molar-refractivity contribution is 5.92. The fraction of sp³-hybridized carbons (Fsp3) is 0.214. The van der Waals surface area contributed by atoms with E-state index in [1.54, 1.807) is 6.07 Å². The van der Waals surface area contributed by atoms with Crippen LogP contribution in [0.25, 0.3) is 22.3 Å². The number of phenols is 3. The van der Waals surface area contributed by atoms with Crippen molar-refractivity contribution >= 4 is 16.9 Å². The van der Waals surface area contributed by atoms with Crippen molar-refractivity contribution in [3.63, 3.8) is 0 Å². The number of rotatable bonds is 3. The van der Waals surface area contributed by atoms with Gasteiger partial charge in [0.15, 0.2) is 17.3 Å². The third-order valence-corrected chi connectivity index (χ3v) is 6.10. The number of phenolic OH excluding ortho intramolecular Hbond substituents is 3. The predicted molar refractivity (Wildman–Crippen MR) is 138 cm³/mol. The number of hydrogen-bond acceptors (Lipinski definition) is 9. The molecule has 2 heterocycles. The van der Waals surface area contributed by atoms with E-state index in [1.807, 2.05) is 13.8 Å². The topological polar surface area (TPSA) is 167 Å². The number of carbonyl (C=O) groups is 1. The van der Waals surface area contributed by atoms with E-state index in [0.29, 0.717) is 5.75 Å². The zero-order valence-corrected chi connectivity index (χ0v) is 20.8. The standard InChI is InChI=1S/C15H10O6.C13H16O4/c16-8-2-3-9-12(6-8)21-15(14(20)13(9)19)7-1-4-10(17)11(18)5-7;1-13(2)7-6-8-10(17-13)5-4-9(12(14)15)11(8)16-3/h1-6,16-18,20H;4-5H,6-7H2,1-3H3,(H,14,15). The van der Waals surface area contributed by atoms with Gasteiger partial charge in [-0.3, -0.25) is 4.79 Å². The first-order valence-electron chi connectivity index (χ1n) is 11.5. The quantitative estimate of drug-likeness (QED) is 0.236. The monoisotopic (exact) mass is 522 g/mol. The molecular formula is C28H26O10. The van der Waals surface area contributed by atoms with Crippen molar-refractivity contribution in [3.8, 4) is 45.8 Å². The van der Waals surface area contributed by atoms with E-state index < -0.39 is 22.9 Å². The summed E-state index contributed by atoms with van der Waals surface area (Å²) in [6.07, 6.45) is 1.62. The summed E-state index contributed by atoms with van der Waals surface area (Å²) in [6, 6.07) is 10.9. The summed E-state index contributed by atoms with van der Waals surface area (Å²) in [6.45, 7) is 4.04. The lowest BCUT2D eigenvalue weighted by Crippen LogP contribution is -2.32. The van der Waals surface area contributed by atoms with Gasteiger partial charge in [-0.1, -0.05) is 0 Å². The van der Waals surface area contributed by atoms with Crippen LogP contribution in [-0.4, -0.2) is 44.2 Å². The van der Waals surface area contributed by atoms with E-state index in [2.05, 4.69) is 0 Å². The minimum absolute atomic E-state index is 0.0872. The summed E-state index contributed by atoms with van der Waals surface area (Å²) in [5.74, 6) is -1.44. The molecule has 0 aliphatic carbocycles. The van der Waals surface area contributed by atoms with Crippen LogP contribution in [0.5, 0.6) is 34.5 Å². The molecule has 5 rings (SSSR count). The number of aromatic carboxylic acids is 1. The average molecular weight is 523 g/mol. The SMILES string of the molecule is COc1c(C(=O)O)ccc2c1CCC(C)(C)O2.O=c1c(O)c(-c2ccc(O)c(O)c2)oc2cc(O)ccc12. The molecule has 0 unspecified atom stereocenters. The third-order valence-electron chi connectivity index (χ3n) is 6.10. The Morgan fingerprint density at radius 1 is 0.974 bits per heavy atom. The highest BCUT2D eigenvalue weighted by Crippen LogP contribution is 2.40. The van der Waals surface area contributed by atoms with Crippen LogP contribution in [0, 0.1) is 0 Å². The fourth-order valence-electron chi connectivity index (χ4n) is 4.15. The van der Waals surface area contributed by atoms with Gasteiger partial charge >= 0.3 is 5.97 Å². The van der Waals surface area contributed by atoms with Crippen LogP contribution in [0.4, 0.5) is 0 Å². The first-order chi connectivity index (χ1) is 17.9. The number of carboxylic acids is 1. The van der Waals surface area contributed by atoms with E-state index in [4.69, 9.17) is 19.0 Å². The Morgan fingerprint density at radius 2 is 1.71 bits per heavy atom. The fourth-order valence-corrected chi connectivity index (χ4v) is 4.15. The third kappa shape index (κ3) is 5.01. The minimum atomic E-state index is -0.977. The predicted octanol–water partition coefficient (Wildman–Crippen LogP) is 4.78. The van der Waals surface area contributed by atoms with E-state index in [9.17, 15) is 30.0 Å². The smallest absolute Gasteiger partial charge is 0.339 e. The van der Waals surface area contributed by atoms with Crippen LogP contribution in [0.15, 0.2) is 57.7 Å². The zero-order chi connectivity index (χ0) is 27.8. The Morgan fingerprint density at radius 3 is 2.37 bits per heavy atom. The van der Waals surface area contributed by atoms with Crippen molar-refractivity contribution in [2.75, 3.05) is 7.11 Å². The molecule has 0 amide bonds. The second-order valence-electron chi connectivity index (χ2n) is 9.28. The number of benzene rings is 3. The van der Waals surface area contributed by atoms with Gasteiger partial charge in [-0.2, -0.15) is 0 Å². The van der Waals surface area contributed by atoms with Gasteiger partial charge in [-0.25, -0.2) is 4.79 Å². The number of fused-ring (bicyclic) bond motifs is 2. The summed E-state index contributed by atoms with van der Waals surface area (Å²) < 4.78 is 16.5. The van der Waals surface area contributed by atoms with Gasteiger partial charge in [-0.15, -0.1) is 0 Å². The Labute approximate surface area is 216 Å². The second kappa shape index (κ2) is 9.89. The van der Waals surface area contributed by atoms with Crippen LogP contribution in [0.3, 0.4) is 0 Å². The molecule has 0 radical (unpaired) electrons. The molecule has 5 N–H and O–H groups in total. The highest BCUT2D eigenvalue weighted by Gasteiger charge is 2.30. The van der Waals surface area contributed by atoms with E-state index in [1.165, 1.54) is 43.5 Å². The number of aromatic hydroxyl groups is 4. The maximum absolute atomic E-state index is 12.1. The van der Waals surface area contributed by atoms with Crippen molar-refractivity contribution in [1.82, 2.24) is 0 Å². The molecular weight excluding hydrogens is 496 g/mol. The maximum Gasteiger partial charge on any atom is 0.339 e. The number of hydrogen-bond donors (Lipinski definition) is 5. The highest BCUT2D eigenvalue weighted by atomic mass is 16.5. The van der Waals surface area contributed by atoms with Gasteiger partial charge in [0.1, 0.15) is 34.0 Å². The first-order valence-corrected chi connectivity index (χ1v) is 11.5. The lowest BCUT2D eigenvalue weighted by Gasteiger charge is -2.33. The zero-order valence-electron chi connectivity index (χ0n) is 20.8. The molecule has 0 saturated heterocycles. The molecule has 0 spiro atoms. The van der Waals surface area contributed by atoms with Crippen LogP contribution in [-0.2, 0) is 6.42 Å². The Bertz CT molecular complexity index is 1600. The van der Waals surface area contributed by atoms with Crippen molar-refractivity contribution in [3.05, 3.63) is 69.9 Å². The van der Waals surface area contributed by atoms with Crippen LogP contribution < -0.4 is 14.9 Å². The Balaban J connectivity index is 0.000000181. The summed E-state index contributed by atoms with van der Waals surface area (Å²) in [7, 11) is 1.49. The summed E-state index contributed by atoms with van der Waals surface area (Å²) in [4.78, 5) is 23.2. The molecule has 10 nitrogen and oxygen atoms in total. The van der Waals surface area contributed by atoms with Gasteiger partial charge in [-0.05, 0) is 69.2 Å². The maximum atomic E-state index is 12.1. The molecule has 0 fully saturated rings. The van der Waals surface area contributed by atoms with E-state index in [-0.39, 0.29) is 45.0 Å². The molecule has 4 aromatic rings. The van der Waals surface area contributed by atoms with E-state index in [0.717, 1.165) is 30.2 Å². The molecule has 1 aliphatic rings. The van der Waals surface area contributed by atoms with Crippen LogP contribution in [0.2, 0.25) is 0 Å². The van der Waals surface area contributed by atoms with Gasteiger partial charge in [0.05, 0.1) is 12.5 Å². The number of ether oxygens (including phenoxy) is 2. The van der Waals surface area contributed by atoms with Crippen molar-refractivity contribution in [2.45, 2.75) is 32.3 Å². The van der Waals surface area contributed by atoms with Gasteiger partial charge in [0, 0.05) is 17.2 Å². The van der Waals surface area contributed by atoms with Gasteiger partial charge < -0.3 is 39.4 Å². The number of carboxylic acid groups (broad SMARTS) is 1. The van der Waals surface area contributed by atoms with Gasteiger partial charge in [0.25, 0.3) is 0 Å². The normalized spacial score (nSPS) is 13.6.